The zero-order chi connectivity index (χ0) is 10.2. The zero-order valence-electron chi connectivity index (χ0n) is 9.34. The van der Waals surface area contributed by atoms with Gasteiger partial charge in [0.1, 0.15) is 0 Å². The van der Waals surface area contributed by atoms with Crippen molar-refractivity contribution < 1.29 is 5.11 Å². The van der Waals surface area contributed by atoms with Crippen molar-refractivity contribution in [1.82, 2.24) is 9.80 Å². The van der Waals surface area contributed by atoms with Crippen LogP contribution < -0.4 is 0 Å². The Morgan fingerprint density at radius 1 is 0.833 bits per heavy atom. The lowest BCUT2D eigenvalue weighted by Gasteiger charge is -2.50. The van der Waals surface area contributed by atoms with Crippen molar-refractivity contribution in [2.45, 2.75) is 32.0 Å². The Kier molecular flexibility index (Phi) is 3.29. The molecule has 74 valence electrons. The van der Waals surface area contributed by atoms with Crippen molar-refractivity contribution in [2.24, 2.45) is 0 Å². The fraction of sp³-hybridized carbons (Fsp3) is 1.00. The number of aliphatic hydroxyl groups is 1. The van der Waals surface area contributed by atoms with Crippen LogP contribution in [0.2, 0.25) is 0 Å². The van der Waals surface area contributed by atoms with Gasteiger partial charge in [-0.2, -0.15) is 0 Å². The highest BCUT2D eigenvalue weighted by Gasteiger charge is 2.43. The van der Waals surface area contributed by atoms with Crippen LogP contribution in [0.4, 0.5) is 0 Å². The fourth-order valence-corrected chi connectivity index (χ4v) is 1.49. The first-order valence-corrected chi connectivity index (χ1v) is 4.21. The normalized spacial score (nSPS) is 14.5. The highest BCUT2D eigenvalue weighted by Crippen LogP contribution is 2.27. The Hall–Kier alpha value is -0.120. The van der Waals surface area contributed by atoms with E-state index in [1.54, 1.807) is 0 Å². The van der Waals surface area contributed by atoms with E-state index in [4.69, 9.17) is 0 Å². The summed E-state index contributed by atoms with van der Waals surface area (Å²) < 4.78 is 0. The van der Waals surface area contributed by atoms with Crippen molar-refractivity contribution in [3.8, 4) is 0 Å². The fourth-order valence-electron chi connectivity index (χ4n) is 1.49. The predicted octanol–water partition coefficient (Wildman–Crippen LogP) is 0.597. The minimum atomic E-state index is -0.750. The van der Waals surface area contributed by atoms with Crippen LogP contribution in [-0.4, -0.2) is 54.4 Å². The highest BCUT2D eigenvalue weighted by atomic mass is 16.3. The molecular weight excluding hydrogens is 152 g/mol. The lowest BCUT2D eigenvalue weighted by atomic mass is 9.90. The Morgan fingerprint density at radius 3 is 1.08 bits per heavy atom. The van der Waals surface area contributed by atoms with Crippen molar-refractivity contribution >= 4 is 0 Å². The van der Waals surface area contributed by atoms with Crippen LogP contribution >= 0.6 is 0 Å². The first-order chi connectivity index (χ1) is 5.14. The molecule has 0 unspecified atom stereocenters. The molecule has 0 aromatic carbocycles. The lowest BCUT2D eigenvalue weighted by molar-refractivity contribution is -0.136. The molecule has 0 atom stereocenters. The summed E-state index contributed by atoms with van der Waals surface area (Å²) in [5.41, 5.74) is -1.09. The zero-order valence-corrected chi connectivity index (χ0v) is 9.34. The average Bonchev–Trinajstić information content (AvgIpc) is 1.82. The standard InChI is InChI=1S/C9H22N2O/c1-8(2,12)9(3,10(4)5)11(6)7/h12H,1-7H3. The minimum absolute atomic E-state index is 0.340. The van der Waals surface area contributed by atoms with E-state index in [9.17, 15) is 5.11 Å². The van der Waals surface area contributed by atoms with Crippen LogP contribution in [0, 0.1) is 0 Å². The van der Waals surface area contributed by atoms with Gasteiger partial charge in [0.15, 0.2) is 0 Å². The van der Waals surface area contributed by atoms with Gasteiger partial charge in [0, 0.05) is 0 Å². The summed E-state index contributed by atoms with van der Waals surface area (Å²) >= 11 is 0. The van der Waals surface area contributed by atoms with E-state index in [0.29, 0.717) is 0 Å². The molecule has 0 rings (SSSR count). The second-order valence-corrected chi connectivity index (χ2v) is 4.37. The summed E-state index contributed by atoms with van der Waals surface area (Å²) in [6.07, 6.45) is 0. The maximum absolute atomic E-state index is 9.99. The van der Waals surface area contributed by atoms with E-state index < -0.39 is 5.60 Å². The molecular formula is C9H22N2O. The third kappa shape index (κ3) is 1.79. The second-order valence-electron chi connectivity index (χ2n) is 4.37. The topological polar surface area (TPSA) is 26.7 Å². The molecule has 0 aliphatic rings. The average molecular weight is 174 g/mol. The van der Waals surface area contributed by atoms with Crippen LogP contribution in [0.25, 0.3) is 0 Å². The lowest BCUT2D eigenvalue weighted by Crippen LogP contribution is -2.65. The van der Waals surface area contributed by atoms with Crippen molar-refractivity contribution in [3.63, 3.8) is 0 Å². The SMILES string of the molecule is CN(C)C(C)(N(C)C)C(C)(C)O. The van der Waals surface area contributed by atoms with Gasteiger partial charge in [-0.15, -0.1) is 0 Å². The third-order valence-electron chi connectivity index (χ3n) is 2.90. The Bertz CT molecular complexity index is 139. The third-order valence-corrected chi connectivity index (χ3v) is 2.90. The maximum atomic E-state index is 9.99. The maximum Gasteiger partial charge on any atom is 0.0988 e. The monoisotopic (exact) mass is 174 g/mol. The molecule has 3 nitrogen and oxygen atoms in total. The molecule has 0 radical (unpaired) electrons. The Morgan fingerprint density at radius 2 is 1.08 bits per heavy atom. The van der Waals surface area contributed by atoms with Gasteiger partial charge in [-0.05, 0) is 49.0 Å². The summed E-state index contributed by atoms with van der Waals surface area (Å²) in [6, 6.07) is 0. The van der Waals surface area contributed by atoms with Gasteiger partial charge in [0.25, 0.3) is 0 Å². The molecule has 0 heterocycles. The van der Waals surface area contributed by atoms with Gasteiger partial charge in [-0.25, -0.2) is 0 Å². The van der Waals surface area contributed by atoms with Gasteiger partial charge < -0.3 is 5.11 Å². The molecule has 12 heavy (non-hydrogen) atoms. The van der Waals surface area contributed by atoms with Gasteiger partial charge >= 0.3 is 0 Å². The summed E-state index contributed by atoms with van der Waals surface area (Å²) in [5, 5.41) is 9.99. The molecule has 0 aromatic heterocycles. The summed E-state index contributed by atoms with van der Waals surface area (Å²) in [4.78, 5) is 4.04. The quantitative estimate of drug-likeness (QED) is 0.635. The molecule has 0 saturated heterocycles. The molecule has 0 aliphatic heterocycles. The molecule has 3 heteroatoms. The first-order valence-electron chi connectivity index (χ1n) is 4.21. The van der Waals surface area contributed by atoms with E-state index in [2.05, 4.69) is 0 Å². The van der Waals surface area contributed by atoms with E-state index in [0.717, 1.165) is 0 Å². The van der Waals surface area contributed by atoms with Crippen molar-refractivity contribution in [3.05, 3.63) is 0 Å². The number of hydrogen-bond donors (Lipinski definition) is 1. The van der Waals surface area contributed by atoms with Gasteiger partial charge in [0.05, 0.1) is 11.3 Å². The van der Waals surface area contributed by atoms with Crippen LogP contribution in [-0.2, 0) is 0 Å². The summed E-state index contributed by atoms with van der Waals surface area (Å²) in [5.74, 6) is 0. The summed E-state index contributed by atoms with van der Waals surface area (Å²) in [6.45, 7) is 5.67. The van der Waals surface area contributed by atoms with Crippen LogP contribution in [0.5, 0.6) is 0 Å². The predicted molar refractivity (Wildman–Crippen MR) is 52.1 cm³/mol. The summed E-state index contributed by atoms with van der Waals surface area (Å²) in [7, 11) is 7.88. The molecule has 0 saturated carbocycles. The van der Waals surface area contributed by atoms with Crippen molar-refractivity contribution in [1.29, 1.82) is 0 Å². The van der Waals surface area contributed by atoms with E-state index in [1.807, 2.05) is 58.8 Å². The van der Waals surface area contributed by atoms with Gasteiger partial charge in [-0.1, -0.05) is 0 Å². The van der Waals surface area contributed by atoms with E-state index in [-0.39, 0.29) is 5.66 Å². The Labute approximate surface area is 76.0 Å². The van der Waals surface area contributed by atoms with Crippen LogP contribution in [0.15, 0.2) is 0 Å². The molecule has 0 aromatic rings. The largest absolute Gasteiger partial charge is 0.387 e. The van der Waals surface area contributed by atoms with Crippen molar-refractivity contribution in [2.75, 3.05) is 28.2 Å². The molecule has 0 spiro atoms. The number of likely N-dealkylation sites (N-methyl/N-ethyl adjacent to an activating group) is 2. The molecule has 0 bridgehead atoms. The smallest absolute Gasteiger partial charge is 0.0988 e. The van der Waals surface area contributed by atoms with E-state index in [1.165, 1.54) is 0 Å². The van der Waals surface area contributed by atoms with Gasteiger partial charge in [0.2, 0.25) is 0 Å². The minimum Gasteiger partial charge on any atom is -0.387 e. The number of rotatable bonds is 3. The van der Waals surface area contributed by atoms with Crippen LogP contribution in [0.1, 0.15) is 20.8 Å². The molecule has 0 amide bonds. The molecule has 0 fully saturated rings. The highest BCUT2D eigenvalue weighted by molar-refractivity contribution is 4.94. The van der Waals surface area contributed by atoms with Gasteiger partial charge in [-0.3, -0.25) is 9.80 Å². The van der Waals surface area contributed by atoms with E-state index >= 15 is 0 Å². The first kappa shape index (κ1) is 11.9. The Balaban J connectivity index is 4.89. The van der Waals surface area contributed by atoms with Crippen LogP contribution in [0.3, 0.4) is 0 Å². The second kappa shape index (κ2) is 3.32. The molecule has 0 aliphatic carbocycles. The molecule has 1 N–H and O–H groups in total. The number of hydrogen-bond acceptors (Lipinski definition) is 3. The number of nitrogens with zero attached hydrogens (tertiary/aromatic N) is 2.